The molecule has 0 aliphatic heterocycles. The summed E-state index contributed by atoms with van der Waals surface area (Å²) < 4.78 is 25.5. The third-order valence-corrected chi connectivity index (χ3v) is 4.79. The topological polar surface area (TPSA) is 130 Å². The fourth-order valence-electron chi connectivity index (χ4n) is 2.78. The van der Waals surface area contributed by atoms with Crippen LogP contribution in [0.2, 0.25) is 5.02 Å². The van der Waals surface area contributed by atoms with Crippen molar-refractivity contribution in [2.75, 3.05) is 22.9 Å². The molecule has 0 aromatic carbocycles. The molecule has 2 rings (SSSR count). The molecule has 0 saturated heterocycles. The molecule has 2 atom stereocenters. The highest BCUT2D eigenvalue weighted by atomic mass is 35.5. The van der Waals surface area contributed by atoms with Gasteiger partial charge in [-0.25, -0.2) is 8.42 Å². The van der Waals surface area contributed by atoms with Crippen LogP contribution in [0.15, 0.2) is 18.3 Å². The predicted molar refractivity (Wildman–Crippen MR) is 114 cm³/mol. The first-order chi connectivity index (χ1) is 13.6. The summed E-state index contributed by atoms with van der Waals surface area (Å²) in [6, 6.07) is 3.33. The van der Waals surface area contributed by atoms with Gasteiger partial charge < -0.3 is 10.4 Å². The van der Waals surface area contributed by atoms with Crippen molar-refractivity contribution in [1.82, 2.24) is 19.9 Å². The van der Waals surface area contributed by atoms with Gasteiger partial charge in [-0.1, -0.05) is 32.4 Å². The zero-order valence-electron chi connectivity index (χ0n) is 16.9. The molecule has 9 nitrogen and oxygen atoms in total. The van der Waals surface area contributed by atoms with Crippen LogP contribution < -0.4 is 10.0 Å². The number of pyridine rings is 1. The number of anilines is 2. The zero-order chi connectivity index (χ0) is 21.6. The van der Waals surface area contributed by atoms with E-state index < -0.39 is 10.0 Å². The van der Waals surface area contributed by atoms with Crippen LogP contribution in [0, 0.1) is 5.92 Å². The maximum atomic E-state index is 11.6. The Morgan fingerprint density at radius 2 is 1.83 bits per heavy atom. The molecule has 0 saturated carbocycles. The summed E-state index contributed by atoms with van der Waals surface area (Å²) in [5.74, 6) is 0.859. The molecule has 3 N–H and O–H groups in total. The van der Waals surface area contributed by atoms with Crippen molar-refractivity contribution >= 4 is 33.5 Å². The fourth-order valence-corrected chi connectivity index (χ4v) is 3.31. The molecule has 2 aromatic rings. The van der Waals surface area contributed by atoms with Crippen LogP contribution in [0.5, 0.6) is 0 Å². The van der Waals surface area contributed by atoms with Crippen molar-refractivity contribution < 1.29 is 13.5 Å². The molecule has 2 heterocycles. The van der Waals surface area contributed by atoms with Gasteiger partial charge in [0.15, 0.2) is 0 Å². The van der Waals surface area contributed by atoms with E-state index in [1.165, 1.54) is 0 Å². The highest BCUT2D eigenvalue weighted by Crippen LogP contribution is 2.20. The maximum Gasteiger partial charge on any atom is 0.241 e. The molecule has 0 unspecified atom stereocenters. The molecule has 0 aliphatic carbocycles. The molecule has 0 radical (unpaired) electrons. The van der Waals surface area contributed by atoms with Crippen LogP contribution in [0.3, 0.4) is 0 Å². The van der Waals surface area contributed by atoms with Crippen molar-refractivity contribution in [3.8, 4) is 0 Å². The molecule has 0 bridgehead atoms. The summed E-state index contributed by atoms with van der Waals surface area (Å²) in [5.41, 5.74) is 0.815. The largest absolute Gasteiger partial charge is 0.394 e. The maximum absolute atomic E-state index is 11.6. The van der Waals surface area contributed by atoms with Gasteiger partial charge in [0, 0.05) is 24.2 Å². The fraction of sp³-hybridized carbons (Fsp3) is 0.556. The highest BCUT2D eigenvalue weighted by Gasteiger charge is 2.17. The average Bonchev–Trinajstić information content (AvgIpc) is 2.59. The number of aliphatic hydroxyl groups excluding tert-OH is 1. The summed E-state index contributed by atoms with van der Waals surface area (Å²) in [7, 11) is -3.56. The van der Waals surface area contributed by atoms with Crippen molar-refractivity contribution in [2.24, 2.45) is 5.92 Å². The first-order valence-electron chi connectivity index (χ1n) is 9.27. The highest BCUT2D eigenvalue weighted by molar-refractivity contribution is 7.91. The minimum atomic E-state index is -3.56. The third-order valence-electron chi connectivity index (χ3n) is 4.01. The quantitative estimate of drug-likeness (QED) is 0.511. The standard InChI is InChI=1S/C18H27ClN6O3S/c1-11(2)7-14(10-26)21-17-22-16(23-18(24-17)25-29(4,27)28)8-12(3)15-6-5-13(19)9-20-15/h5-6,9,11-12,14,26H,7-8,10H2,1-4H3,(H2,21,22,23,24,25)/t12-,14+/m0/s1. The Morgan fingerprint density at radius 3 is 2.38 bits per heavy atom. The summed E-state index contributed by atoms with van der Waals surface area (Å²) >= 11 is 5.89. The molecule has 0 spiro atoms. The van der Waals surface area contributed by atoms with Crippen LogP contribution in [0.25, 0.3) is 0 Å². The van der Waals surface area contributed by atoms with E-state index in [9.17, 15) is 13.5 Å². The van der Waals surface area contributed by atoms with Gasteiger partial charge >= 0.3 is 0 Å². The Balaban J connectivity index is 2.29. The first-order valence-corrected chi connectivity index (χ1v) is 11.5. The lowest BCUT2D eigenvalue weighted by atomic mass is 10.0. The van der Waals surface area contributed by atoms with Gasteiger partial charge in [-0.15, -0.1) is 0 Å². The van der Waals surface area contributed by atoms with Crippen molar-refractivity contribution in [3.63, 3.8) is 0 Å². The predicted octanol–water partition coefficient (Wildman–Crippen LogP) is 2.46. The molecule has 2 aromatic heterocycles. The van der Waals surface area contributed by atoms with Crippen molar-refractivity contribution in [1.29, 1.82) is 0 Å². The van der Waals surface area contributed by atoms with E-state index in [1.807, 2.05) is 26.8 Å². The van der Waals surface area contributed by atoms with Gasteiger partial charge in [-0.2, -0.15) is 15.0 Å². The van der Waals surface area contributed by atoms with Crippen molar-refractivity contribution in [2.45, 2.75) is 45.6 Å². The second-order valence-corrected chi connectivity index (χ2v) is 9.62. The summed E-state index contributed by atoms with van der Waals surface area (Å²) in [6.45, 7) is 5.95. The van der Waals surface area contributed by atoms with E-state index in [-0.39, 0.29) is 30.5 Å². The van der Waals surface area contributed by atoms with Crippen molar-refractivity contribution in [3.05, 3.63) is 34.9 Å². The van der Waals surface area contributed by atoms with E-state index in [0.29, 0.717) is 29.6 Å². The number of nitrogens with zero attached hydrogens (tertiary/aromatic N) is 4. The van der Waals surface area contributed by atoms with Crippen LogP contribution in [0.4, 0.5) is 11.9 Å². The molecular weight excluding hydrogens is 416 g/mol. The normalized spacial score (nSPS) is 13.9. The lowest BCUT2D eigenvalue weighted by Crippen LogP contribution is -2.27. The zero-order valence-corrected chi connectivity index (χ0v) is 18.5. The second kappa shape index (κ2) is 10.1. The Kier molecular flexibility index (Phi) is 8.12. The molecule has 0 amide bonds. The number of sulfonamides is 1. The van der Waals surface area contributed by atoms with Gasteiger partial charge in [-0.3, -0.25) is 9.71 Å². The number of halogens is 1. The summed E-state index contributed by atoms with van der Waals surface area (Å²) in [4.78, 5) is 17.1. The monoisotopic (exact) mass is 442 g/mol. The van der Waals surface area contributed by atoms with Crippen LogP contribution in [0.1, 0.15) is 44.6 Å². The molecule has 0 aliphatic rings. The molecule has 11 heteroatoms. The number of hydrogen-bond acceptors (Lipinski definition) is 8. The summed E-state index contributed by atoms with van der Waals surface area (Å²) in [6.07, 6.45) is 3.72. The number of rotatable bonds is 10. The minimum absolute atomic E-state index is 0.0297. The third kappa shape index (κ3) is 8.08. The van der Waals surface area contributed by atoms with E-state index in [1.54, 1.807) is 12.3 Å². The molecule has 160 valence electrons. The Hall–Kier alpha value is -2.04. The van der Waals surface area contributed by atoms with E-state index >= 15 is 0 Å². The van der Waals surface area contributed by atoms with Crippen LogP contribution in [-0.4, -0.2) is 52.4 Å². The second-order valence-electron chi connectivity index (χ2n) is 7.43. The lowest BCUT2D eigenvalue weighted by Gasteiger charge is -2.19. The Morgan fingerprint density at radius 1 is 1.14 bits per heavy atom. The average molecular weight is 443 g/mol. The molecule has 29 heavy (non-hydrogen) atoms. The SMILES string of the molecule is CC(C)C[C@H](CO)Nc1nc(C[C@H](C)c2ccc(Cl)cn2)nc(NS(C)(=O)=O)n1. The van der Waals surface area contributed by atoms with Gasteiger partial charge in [-0.05, 0) is 24.5 Å². The van der Waals surface area contributed by atoms with Gasteiger partial charge in [0.25, 0.3) is 0 Å². The van der Waals surface area contributed by atoms with Crippen LogP contribution >= 0.6 is 11.6 Å². The minimum Gasteiger partial charge on any atom is -0.394 e. The first kappa shape index (κ1) is 23.2. The van der Waals surface area contributed by atoms with Crippen LogP contribution in [-0.2, 0) is 16.4 Å². The van der Waals surface area contributed by atoms with E-state index in [4.69, 9.17) is 11.6 Å². The Labute approximate surface area is 176 Å². The number of hydrogen-bond donors (Lipinski definition) is 3. The Bertz CT molecular complexity index is 908. The van der Waals surface area contributed by atoms with Gasteiger partial charge in [0.05, 0.1) is 23.9 Å². The van der Waals surface area contributed by atoms with E-state index in [2.05, 4.69) is 30.0 Å². The van der Waals surface area contributed by atoms with E-state index in [0.717, 1.165) is 11.9 Å². The number of aliphatic hydroxyl groups is 1. The smallest absolute Gasteiger partial charge is 0.241 e. The number of nitrogens with one attached hydrogen (secondary N) is 2. The molecule has 0 fully saturated rings. The lowest BCUT2D eigenvalue weighted by molar-refractivity contribution is 0.259. The molecular formula is C18H27ClN6O3S. The number of aromatic nitrogens is 4. The van der Waals surface area contributed by atoms with Gasteiger partial charge in [0.1, 0.15) is 5.82 Å². The van der Waals surface area contributed by atoms with Gasteiger partial charge in [0.2, 0.25) is 21.9 Å². The summed E-state index contributed by atoms with van der Waals surface area (Å²) in [5, 5.41) is 13.2.